The van der Waals surface area contributed by atoms with Gasteiger partial charge in [-0.3, -0.25) is 4.79 Å². The Balaban J connectivity index is 2.21. The number of rotatable bonds is 8. The van der Waals surface area contributed by atoms with Crippen LogP contribution in [0.1, 0.15) is 41.3 Å². The van der Waals surface area contributed by atoms with E-state index in [-0.39, 0.29) is 18.3 Å². The summed E-state index contributed by atoms with van der Waals surface area (Å²) in [6.07, 6.45) is 4.94. The topological polar surface area (TPSA) is 46.5 Å². The number of halogens is 1. The van der Waals surface area contributed by atoms with Crippen molar-refractivity contribution < 1.29 is 14.6 Å². The van der Waals surface area contributed by atoms with Crippen LogP contribution in [-0.2, 0) is 0 Å². The van der Waals surface area contributed by atoms with E-state index in [9.17, 15) is 4.79 Å². The number of methoxy groups -OCH3 is 1. The maximum absolute atomic E-state index is 12.4. The van der Waals surface area contributed by atoms with Gasteiger partial charge < -0.3 is 9.84 Å². The fourth-order valence-corrected chi connectivity index (χ4v) is 2.68. The number of carbonyl (C=O) groups excluding carboxylic acids is 1. The molecular weight excluding hydrogens is 336 g/mol. The molecule has 1 unspecified atom stereocenters. The van der Waals surface area contributed by atoms with Crippen LogP contribution in [0.2, 0.25) is 5.02 Å². The normalized spacial score (nSPS) is 12.3. The highest BCUT2D eigenvalue weighted by atomic mass is 35.5. The third kappa shape index (κ3) is 5.73. The van der Waals surface area contributed by atoms with Gasteiger partial charge >= 0.3 is 0 Å². The highest BCUT2D eigenvalue weighted by Gasteiger charge is 2.13. The Morgan fingerprint density at radius 2 is 1.92 bits per heavy atom. The van der Waals surface area contributed by atoms with Gasteiger partial charge in [0.1, 0.15) is 5.75 Å². The fraction of sp³-hybridized carbons (Fsp3) is 0.286. The lowest BCUT2D eigenvalue weighted by molar-refractivity contribution is 0.0958. The van der Waals surface area contributed by atoms with Crippen LogP contribution in [0, 0.1) is 5.92 Å². The highest BCUT2D eigenvalue weighted by molar-refractivity contribution is 6.30. The number of ketones is 1. The van der Waals surface area contributed by atoms with Gasteiger partial charge in [-0.05, 0) is 48.2 Å². The highest BCUT2D eigenvalue weighted by Crippen LogP contribution is 2.24. The first-order valence-electron chi connectivity index (χ1n) is 8.29. The molecule has 0 aliphatic heterocycles. The molecular formula is C21H23ClO3. The molecule has 132 valence electrons. The monoisotopic (exact) mass is 358 g/mol. The predicted octanol–water partition coefficient (Wildman–Crippen LogP) is 5.11. The summed E-state index contributed by atoms with van der Waals surface area (Å²) in [5.41, 5.74) is 2.51. The molecule has 2 aromatic rings. The largest absolute Gasteiger partial charge is 0.496 e. The third-order valence-electron chi connectivity index (χ3n) is 4.03. The van der Waals surface area contributed by atoms with E-state index in [1.165, 1.54) is 0 Å². The molecule has 3 nitrogen and oxygen atoms in total. The Kier molecular flexibility index (Phi) is 7.23. The van der Waals surface area contributed by atoms with Crippen molar-refractivity contribution in [3.05, 3.63) is 64.2 Å². The lowest BCUT2D eigenvalue weighted by Gasteiger charge is -2.11. The minimum Gasteiger partial charge on any atom is -0.496 e. The zero-order chi connectivity index (χ0) is 18.2. The van der Waals surface area contributed by atoms with Gasteiger partial charge in [-0.15, -0.1) is 0 Å². The molecule has 0 bridgehead atoms. The lowest BCUT2D eigenvalue weighted by Crippen LogP contribution is -2.08. The molecule has 0 saturated carbocycles. The summed E-state index contributed by atoms with van der Waals surface area (Å²) in [4.78, 5) is 12.4. The van der Waals surface area contributed by atoms with E-state index in [0.717, 1.165) is 11.1 Å². The molecule has 0 spiro atoms. The molecule has 0 radical (unpaired) electrons. The summed E-state index contributed by atoms with van der Waals surface area (Å²) in [7, 11) is 1.61. The molecule has 2 rings (SSSR count). The van der Waals surface area contributed by atoms with Crippen molar-refractivity contribution in [2.75, 3.05) is 13.7 Å². The number of benzene rings is 2. The second-order valence-corrected chi connectivity index (χ2v) is 6.52. The molecule has 1 N–H and O–H groups in total. The van der Waals surface area contributed by atoms with Crippen molar-refractivity contribution in [2.45, 2.75) is 19.8 Å². The number of hydrogen-bond acceptors (Lipinski definition) is 3. The van der Waals surface area contributed by atoms with E-state index in [4.69, 9.17) is 21.4 Å². The number of hydrogen-bond donors (Lipinski definition) is 1. The van der Waals surface area contributed by atoms with Gasteiger partial charge in [-0.25, -0.2) is 0 Å². The van der Waals surface area contributed by atoms with Crippen molar-refractivity contribution >= 4 is 29.5 Å². The second kappa shape index (κ2) is 9.40. The van der Waals surface area contributed by atoms with Gasteiger partial charge in [0.2, 0.25) is 0 Å². The summed E-state index contributed by atoms with van der Waals surface area (Å²) in [5.74, 6) is 0.947. The quantitative estimate of drug-likeness (QED) is 0.526. The van der Waals surface area contributed by atoms with E-state index >= 15 is 0 Å². The molecule has 0 saturated heterocycles. The van der Waals surface area contributed by atoms with Gasteiger partial charge in [0, 0.05) is 29.2 Å². The van der Waals surface area contributed by atoms with Crippen molar-refractivity contribution in [3.8, 4) is 5.75 Å². The van der Waals surface area contributed by atoms with Crippen LogP contribution in [0.4, 0.5) is 0 Å². The maximum Gasteiger partial charge on any atom is 0.163 e. The first-order chi connectivity index (χ1) is 12.0. The molecule has 0 heterocycles. The Morgan fingerprint density at radius 1 is 1.20 bits per heavy atom. The van der Waals surface area contributed by atoms with Crippen LogP contribution >= 0.6 is 11.6 Å². The second-order valence-electron chi connectivity index (χ2n) is 6.09. The SMILES string of the molecule is COc1ccc(C(=O)CC(C)CCO)cc1/C=C/c1ccc(Cl)cc1. The summed E-state index contributed by atoms with van der Waals surface area (Å²) >= 11 is 5.90. The number of Topliss-reactive ketones (excluding diaryl/α,β-unsaturated/α-hetero) is 1. The average molecular weight is 359 g/mol. The van der Waals surface area contributed by atoms with E-state index in [1.807, 2.05) is 55.5 Å². The number of aliphatic hydroxyl groups is 1. The zero-order valence-corrected chi connectivity index (χ0v) is 15.3. The van der Waals surface area contributed by atoms with Gasteiger partial charge in [0.15, 0.2) is 5.78 Å². The molecule has 0 fully saturated rings. The van der Waals surface area contributed by atoms with Gasteiger partial charge in [-0.1, -0.05) is 42.8 Å². The van der Waals surface area contributed by atoms with E-state index < -0.39 is 0 Å². The molecule has 0 aliphatic carbocycles. The van der Waals surface area contributed by atoms with E-state index in [0.29, 0.717) is 29.2 Å². The Morgan fingerprint density at radius 3 is 2.56 bits per heavy atom. The summed E-state index contributed by atoms with van der Waals surface area (Å²) in [6.45, 7) is 2.07. The maximum atomic E-state index is 12.4. The van der Waals surface area contributed by atoms with Gasteiger partial charge in [-0.2, -0.15) is 0 Å². The molecule has 0 aromatic heterocycles. The number of aliphatic hydroxyl groups excluding tert-OH is 1. The smallest absolute Gasteiger partial charge is 0.163 e. The van der Waals surface area contributed by atoms with Crippen LogP contribution in [0.25, 0.3) is 12.2 Å². The van der Waals surface area contributed by atoms with Crippen LogP contribution < -0.4 is 4.74 Å². The minimum absolute atomic E-state index is 0.0738. The first kappa shape index (κ1) is 19.2. The molecule has 4 heteroatoms. The molecule has 0 amide bonds. The average Bonchev–Trinajstić information content (AvgIpc) is 2.61. The van der Waals surface area contributed by atoms with E-state index in [2.05, 4.69) is 0 Å². The molecule has 2 aromatic carbocycles. The standard InChI is InChI=1S/C21H23ClO3/c1-15(11-12-23)13-20(24)17-7-10-21(25-2)18(14-17)6-3-16-4-8-19(22)9-5-16/h3-10,14-15,23H,11-13H2,1-2H3/b6-3+. The van der Waals surface area contributed by atoms with Crippen molar-refractivity contribution in [1.29, 1.82) is 0 Å². The Bertz CT molecular complexity index is 735. The summed E-state index contributed by atoms with van der Waals surface area (Å²) in [6, 6.07) is 13.0. The fourth-order valence-electron chi connectivity index (χ4n) is 2.55. The summed E-state index contributed by atoms with van der Waals surface area (Å²) < 4.78 is 5.39. The van der Waals surface area contributed by atoms with Crippen LogP contribution in [0.5, 0.6) is 5.75 Å². The number of ether oxygens (including phenoxy) is 1. The molecule has 1 atom stereocenters. The predicted molar refractivity (Wildman–Crippen MR) is 103 cm³/mol. The Labute approximate surface area is 153 Å². The van der Waals surface area contributed by atoms with Gasteiger partial charge in [0.25, 0.3) is 0 Å². The van der Waals surface area contributed by atoms with Crippen molar-refractivity contribution in [2.24, 2.45) is 5.92 Å². The van der Waals surface area contributed by atoms with Gasteiger partial charge in [0.05, 0.1) is 7.11 Å². The zero-order valence-electron chi connectivity index (χ0n) is 14.5. The van der Waals surface area contributed by atoms with Crippen molar-refractivity contribution in [3.63, 3.8) is 0 Å². The first-order valence-corrected chi connectivity index (χ1v) is 8.67. The summed E-state index contributed by atoms with van der Waals surface area (Å²) in [5, 5.41) is 9.68. The minimum atomic E-state index is 0.0738. The van der Waals surface area contributed by atoms with Crippen molar-refractivity contribution in [1.82, 2.24) is 0 Å². The Hall–Kier alpha value is -2.10. The van der Waals surface area contributed by atoms with E-state index in [1.54, 1.807) is 13.2 Å². The lowest BCUT2D eigenvalue weighted by atomic mass is 9.96. The number of carbonyl (C=O) groups is 1. The van der Waals surface area contributed by atoms with Crippen LogP contribution in [0.3, 0.4) is 0 Å². The van der Waals surface area contributed by atoms with Crippen LogP contribution in [-0.4, -0.2) is 24.6 Å². The molecule has 0 aliphatic rings. The van der Waals surface area contributed by atoms with Crippen LogP contribution in [0.15, 0.2) is 42.5 Å². The molecule has 25 heavy (non-hydrogen) atoms. The third-order valence-corrected chi connectivity index (χ3v) is 4.28.